The van der Waals surface area contributed by atoms with Crippen molar-refractivity contribution in [1.29, 1.82) is 0 Å². The number of ether oxygens (including phenoxy) is 2. The summed E-state index contributed by atoms with van der Waals surface area (Å²) in [5.74, 6) is 1.70. The maximum atomic E-state index is 12.9. The van der Waals surface area contributed by atoms with Crippen LogP contribution < -0.4 is 14.8 Å². The van der Waals surface area contributed by atoms with Crippen molar-refractivity contribution in [1.82, 2.24) is 9.47 Å². The van der Waals surface area contributed by atoms with Crippen LogP contribution in [0, 0.1) is 11.3 Å². The summed E-state index contributed by atoms with van der Waals surface area (Å²) >= 11 is 0. The molecule has 3 aliphatic rings. The summed E-state index contributed by atoms with van der Waals surface area (Å²) in [6.45, 7) is 3.33. The van der Waals surface area contributed by atoms with E-state index in [0.717, 1.165) is 50.3 Å². The smallest absolute Gasteiger partial charge is 0.231 e. The average molecular weight is 418 g/mol. The number of hydrogen-bond donors (Lipinski definition) is 1. The lowest BCUT2D eigenvalue weighted by atomic mass is 9.90. The molecule has 6 rings (SSSR count). The van der Waals surface area contributed by atoms with Crippen LogP contribution in [0.15, 0.2) is 48.7 Å². The summed E-state index contributed by atoms with van der Waals surface area (Å²) in [6.07, 6.45) is 5.45. The highest BCUT2D eigenvalue weighted by Crippen LogP contribution is 2.59. The minimum atomic E-state index is 0.123. The van der Waals surface area contributed by atoms with Crippen molar-refractivity contribution >= 4 is 22.5 Å². The number of anilines is 1. The number of hydrogen-bond acceptors (Lipinski definition) is 4. The first kappa shape index (κ1) is 18.8. The molecule has 1 saturated carbocycles. The molecule has 1 spiro atoms. The molecule has 2 aromatic carbocycles. The SMILES string of the molecule is Cn1cc(CN2CCC3(CC2)CC3C(=O)Nc2ccc3c(c2)OCO3)c2ccccc21. The van der Waals surface area contributed by atoms with Crippen LogP contribution in [0.25, 0.3) is 10.9 Å². The van der Waals surface area contributed by atoms with Crippen LogP contribution in [0.3, 0.4) is 0 Å². The first-order valence-corrected chi connectivity index (χ1v) is 11.1. The van der Waals surface area contributed by atoms with Crippen molar-refractivity contribution in [2.75, 3.05) is 25.2 Å². The standard InChI is InChI=1S/C25H27N3O3/c1-27-14-17(19-4-2-3-5-21(19)27)15-28-10-8-25(9-11-28)13-20(25)24(29)26-18-6-7-22-23(12-18)31-16-30-22/h2-7,12,14,20H,8-11,13,15-16H2,1H3,(H,26,29). The van der Waals surface area contributed by atoms with Crippen LogP contribution in [0.5, 0.6) is 11.5 Å². The Balaban J connectivity index is 1.07. The number of para-hydroxylation sites is 1. The molecule has 1 aromatic heterocycles. The van der Waals surface area contributed by atoms with E-state index in [1.165, 1.54) is 16.5 Å². The number of nitrogens with zero attached hydrogens (tertiary/aromatic N) is 2. The first-order valence-electron chi connectivity index (χ1n) is 11.1. The molecule has 0 bridgehead atoms. The van der Waals surface area contributed by atoms with E-state index in [4.69, 9.17) is 9.47 Å². The second-order valence-corrected chi connectivity index (χ2v) is 9.23. The van der Waals surface area contributed by atoms with Crippen LogP contribution in [0.1, 0.15) is 24.8 Å². The number of carbonyl (C=O) groups excluding carboxylic acids is 1. The van der Waals surface area contributed by atoms with E-state index in [1.54, 1.807) is 0 Å². The zero-order chi connectivity index (χ0) is 21.0. The zero-order valence-electron chi connectivity index (χ0n) is 17.8. The van der Waals surface area contributed by atoms with E-state index in [2.05, 4.69) is 52.3 Å². The Morgan fingerprint density at radius 2 is 1.94 bits per heavy atom. The van der Waals surface area contributed by atoms with E-state index >= 15 is 0 Å². The average Bonchev–Trinajstić information content (AvgIpc) is 3.12. The van der Waals surface area contributed by atoms with Gasteiger partial charge < -0.3 is 19.4 Å². The molecule has 1 atom stereocenters. The minimum absolute atomic E-state index is 0.123. The summed E-state index contributed by atoms with van der Waals surface area (Å²) in [6, 6.07) is 14.2. The number of likely N-dealkylation sites (tertiary alicyclic amines) is 1. The Morgan fingerprint density at radius 3 is 2.81 bits per heavy atom. The number of carbonyl (C=O) groups is 1. The Hall–Kier alpha value is -2.99. The second kappa shape index (κ2) is 7.02. The molecule has 1 saturated heterocycles. The van der Waals surface area contributed by atoms with Crippen molar-refractivity contribution in [3.8, 4) is 11.5 Å². The quantitative estimate of drug-likeness (QED) is 0.693. The van der Waals surface area contributed by atoms with Gasteiger partial charge in [0.05, 0.1) is 0 Å². The van der Waals surface area contributed by atoms with Gasteiger partial charge in [-0.05, 0) is 61.5 Å². The Kier molecular flexibility index (Phi) is 4.25. The van der Waals surface area contributed by atoms with Gasteiger partial charge >= 0.3 is 0 Å². The van der Waals surface area contributed by atoms with Crippen LogP contribution in [0.4, 0.5) is 5.69 Å². The van der Waals surface area contributed by atoms with E-state index in [1.807, 2.05) is 18.2 Å². The zero-order valence-corrected chi connectivity index (χ0v) is 17.8. The predicted octanol–water partition coefficient (Wildman–Crippen LogP) is 4.15. The largest absolute Gasteiger partial charge is 0.454 e. The molecule has 6 heteroatoms. The van der Waals surface area contributed by atoms with E-state index in [0.29, 0.717) is 5.75 Å². The number of rotatable bonds is 4. The van der Waals surface area contributed by atoms with Crippen molar-refractivity contribution in [2.24, 2.45) is 18.4 Å². The predicted molar refractivity (Wildman–Crippen MR) is 119 cm³/mol. The highest BCUT2D eigenvalue weighted by Gasteiger charge is 2.58. The minimum Gasteiger partial charge on any atom is -0.454 e. The van der Waals surface area contributed by atoms with Crippen LogP contribution in [-0.2, 0) is 18.4 Å². The van der Waals surface area contributed by atoms with E-state index < -0.39 is 0 Å². The monoisotopic (exact) mass is 417 g/mol. The Bertz CT molecular complexity index is 1160. The van der Waals surface area contributed by atoms with Crippen LogP contribution in [-0.4, -0.2) is 35.3 Å². The van der Waals surface area contributed by atoms with Crippen molar-refractivity contribution in [3.05, 3.63) is 54.2 Å². The number of amides is 1. The second-order valence-electron chi connectivity index (χ2n) is 9.23. The molecule has 2 aliphatic heterocycles. The number of aromatic nitrogens is 1. The fraction of sp³-hybridized carbons (Fsp3) is 0.400. The topological polar surface area (TPSA) is 55.7 Å². The molecule has 0 radical (unpaired) electrons. The van der Waals surface area contributed by atoms with Gasteiger partial charge in [-0.2, -0.15) is 0 Å². The lowest BCUT2D eigenvalue weighted by molar-refractivity contribution is -0.118. The number of aryl methyl sites for hydroxylation is 1. The molecule has 1 unspecified atom stereocenters. The Labute approximate surface area is 181 Å². The summed E-state index contributed by atoms with van der Waals surface area (Å²) in [5, 5.41) is 4.43. The molecule has 31 heavy (non-hydrogen) atoms. The molecule has 2 fully saturated rings. The molecule has 1 aliphatic carbocycles. The third-order valence-electron chi connectivity index (χ3n) is 7.37. The van der Waals surface area contributed by atoms with Gasteiger partial charge in [0.2, 0.25) is 12.7 Å². The van der Waals surface area contributed by atoms with Gasteiger partial charge in [0.15, 0.2) is 11.5 Å². The third kappa shape index (κ3) is 3.26. The molecule has 3 heterocycles. The van der Waals surface area contributed by atoms with Crippen molar-refractivity contribution < 1.29 is 14.3 Å². The number of piperidine rings is 1. The highest BCUT2D eigenvalue weighted by atomic mass is 16.7. The summed E-state index contributed by atoms with van der Waals surface area (Å²) in [7, 11) is 2.12. The number of fused-ring (bicyclic) bond motifs is 2. The lowest BCUT2D eigenvalue weighted by Crippen LogP contribution is -2.35. The summed E-state index contributed by atoms with van der Waals surface area (Å²) < 4.78 is 13.0. The first-order chi connectivity index (χ1) is 15.1. The van der Waals surface area contributed by atoms with Gasteiger partial charge in [-0.3, -0.25) is 9.69 Å². The van der Waals surface area contributed by atoms with Crippen molar-refractivity contribution in [2.45, 2.75) is 25.8 Å². The number of benzene rings is 2. The summed E-state index contributed by atoms with van der Waals surface area (Å²) in [5.41, 5.74) is 3.65. The molecule has 1 amide bonds. The van der Waals surface area contributed by atoms with Gasteiger partial charge in [0.1, 0.15) is 0 Å². The molecule has 6 nitrogen and oxygen atoms in total. The highest BCUT2D eigenvalue weighted by molar-refractivity contribution is 5.95. The lowest BCUT2D eigenvalue weighted by Gasteiger charge is -2.32. The van der Waals surface area contributed by atoms with E-state index in [9.17, 15) is 4.79 Å². The van der Waals surface area contributed by atoms with Gasteiger partial charge in [-0.1, -0.05) is 18.2 Å². The normalized spacial score (nSPS) is 21.5. The molecule has 1 N–H and O–H groups in total. The fourth-order valence-electron chi connectivity index (χ4n) is 5.42. The van der Waals surface area contributed by atoms with Crippen LogP contribution in [0.2, 0.25) is 0 Å². The van der Waals surface area contributed by atoms with Gasteiger partial charge in [0.25, 0.3) is 0 Å². The van der Waals surface area contributed by atoms with Gasteiger partial charge in [-0.25, -0.2) is 0 Å². The molecule has 160 valence electrons. The molecular formula is C25H27N3O3. The third-order valence-corrected chi connectivity index (χ3v) is 7.37. The summed E-state index contributed by atoms with van der Waals surface area (Å²) in [4.78, 5) is 15.4. The maximum absolute atomic E-state index is 12.9. The van der Waals surface area contributed by atoms with Gasteiger partial charge in [0, 0.05) is 48.4 Å². The molecule has 3 aromatic rings. The van der Waals surface area contributed by atoms with Crippen LogP contribution >= 0.6 is 0 Å². The molecular weight excluding hydrogens is 390 g/mol. The van der Waals surface area contributed by atoms with Crippen molar-refractivity contribution in [3.63, 3.8) is 0 Å². The Morgan fingerprint density at radius 1 is 1.13 bits per heavy atom. The van der Waals surface area contributed by atoms with E-state index in [-0.39, 0.29) is 24.0 Å². The number of nitrogens with one attached hydrogen (secondary N) is 1. The fourth-order valence-corrected chi connectivity index (χ4v) is 5.42. The maximum Gasteiger partial charge on any atom is 0.231 e. The van der Waals surface area contributed by atoms with Gasteiger partial charge in [-0.15, -0.1) is 0 Å².